The van der Waals surface area contributed by atoms with Gasteiger partial charge in [-0.25, -0.2) is 13.1 Å². The number of carbonyl (C=O) groups excluding carboxylic acids is 1. The summed E-state index contributed by atoms with van der Waals surface area (Å²) in [6.45, 7) is 3.76. The molecule has 6 nitrogen and oxygen atoms in total. The first-order valence-corrected chi connectivity index (χ1v) is 12.8. The molecule has 0 saturated carbocycles. The van der Waals surface area contributed by atoms with E-state index < -0.39 is 10.0 Å². The third-order valence-electron chi connectivity index (χ3n) is 5.01. The van der Waals surface area contributed by atoms with Crippen LogP contribution in [0.25, 0.3) is 0 Å². The van der Waals surface area contributed by atoms with Crippen molar-refractivity contribution in [2.75, 3.05) is 32.5 Å². The molecular weight excluding hydrogens is 420 g/mol. The van der Waals surface area contributed by atoms with E-state index in [4.69, 9.17) is 4.74 Å². The molecule has 0 bridgehead atoms. The SMILES string of the molecule is CSc1ccc(S(=O)(=O)NCCOc2cccc(C)c2)cc1C(=O)N1CCCCC1. The lowest BCUT2D eigenvalue weighted by molar-refractivity contribution is 0.0720. The van der Waals surface area contributed by atoms with Gasteiger partial charge in [-0.3, -0.25) is 4.79 Å². The van der Waals surface area contributed by atoms with E-state index in [1.54, 1.807) is 12.1 Å². The fourth-order valence-corrected chi connectivity index (χ4v) is 5.03. The Balaban J connectivity index is 1.68. The zero-order chi connectivity index (χ0) is 21.6. The van der Waals surface area contributed by atoms with Crippen LogP contribution in [0, 0.1) is 6.92 Å². The van der Waals surface area contributed by atoms with Crippen LogP contribution in [-0.2, 0) is 10.0 Å². The molecular formula is C22H28N2O4S2. The van der Waals surface area contributed by atoms with Gasteiger partial charge in [-0.05, 0) is 68.3 Å². The Labute approximate surface area is 183 Å². The molecule has 1 amide bonds. The van der Waals surface area contributed by atoms with Gasteiger partial charge < -0.3 is 9.64 Å². The zero-order valence-electron chi connectivity index (χ0n) is 17.4. The van der Waals surface area contributed by atoms with E-state index in [1.807, 2.05) is 42.3 Å². The van der Waals surface area contributed by atoms with E-state index in [0.29, 0.717) is 11.3 Å². The van der Waals surface area contributed by atoms with Gasteiger partial charge in [-0.1, -0.05) is 12.1 Å². The summed E-state index contributed by atoms with van der Waals surface area (Å²) in [5.74, 6) is 0.604. The largest absolute Gasteiger partial charge is 0.492 e. The Morgan fingerprint density at radius 2 is 1.90 bits per heavy atom. The number of benzene rings is 2. The summed E-state index contributed by atoms with van der Waals surface area (Å²) in [6.07, 6.45) is 4.99. The number of hydrogen-bond acceptors (Lipinski definition) is 5. The number of ether oxygens (including phenoxy) is 1. The van der Waals surface area contributed by atoms with Crippen LogP contribution in [0.4, 0.5) is 0 Å². The van der Waals surface area contributed by atoms with E-state index in [1.165, 1.54) is 17.8 Å². The number of hydrogen-bond donors (Lipinski definition) is 1. The van der Waals surface area contributed by atoms with E-state index in [2.05, 4.69) is 4.72 Å². The van der Waals surface area contributed by atoms with E-state index in [9.17, 15) is 13.2 Å². The molecule has 0 aromatic heterocycles. The molecule has 0 radical (unpaired) electrons. The molecule has 0 atom stereocenters. The van der Waals surface area contributed by atoms with Gasteiger partial charge in [-0.2, -0.15) is 0 Å². The lowest BCUT2D eigenvalue weighted by atomic mass is 10.1. The van der Waals surface area contributed by atoms with Gasteiger partial charge >= 0.3 is 0 Å². The number of rotatable bonds is 8. The third kappa shape index (κ3) is 5.77. The highest BCUT2D eigenvalue weighted by atomic mass is 32.2. The van der Waals surface area contributed by atoms with Crippen LogP contribution in [0.5, 0.6) is 5.75 Å². The molecule has 1 fully saturated rings. The van der Waals surface area contributed by atoms with Crippen molar-refractivity contribution >= 4 is 27.7 Å². The van der Waals surface area contributed by atoms with Crippen molar-refractivity contribution in [3.05, 3.63) is 53.6 Å². The average Bonchev–Trinajstić information content (AvgIpc) is 2.76. The van der Waals surface area contributed by atoms with Gasteiger partial charge in [0.1, 0.15) is 12.4 Å². The molecule has 8 heteroatoms. The first-order chi connectivity index (χ1) is 14.4. The summed E-state index contributed by atoms with van der Waals surface area (Å²) in [6, 6.07) is 12.3. The Kier molecular flexibility index (Phi) is 7.80. The first-order valence-electron chi connectivity index (χ1n) is 10.1. The van der Waals surface area contributed by atoms with Crippen molar-refractivity contribution in [3.63, 3.8) is 0 Å². The maximum absolute atomic E-state index is 13.0. The maximum Gasteiger partial charge on any atom is 0.255 e. The number of amides is 1. The number of nitrogens with one attached hydrogen (secondary N) is 1. The lowest BCUT2D eigenvalue weighted by Gasteiger charge is -2.27. The molecule has 0 aliphatic carbocycles. The van der Waals surface area contributed by atoms with Gasteiger partial charge in [0.05, 0.1) is 10.5 Å². The third-order valence-corrected chi connectivity index (χ3v) is 7.26. The van der Waals surface area contributed by atoms with Gasteiger partial charge in [-0.15, -0.1) is 11.8 Å². The molecule has 1 heterocycles. The van der Waals surface area contributed by atoms with Crippen molar-refractivity contribution in [2.45, 2.75) is 36.0 Å². The Morgan fingerprint density at radius 3 is 2.60 bits per heavy atom. The highest BCUT2D eigenvalue weighted by molar-refractivity contribution is 7.98. The number of likely N-dealkylation sites (tertiary alicyclic amines) is 1. The predicted molar refractivity (Wildman–Crippen MR) is 120 cm³/mol. The van der Waals surface area contributed by atoms with Crippen molar-refractivity contribution in [3.8, 4) is 5.75 Å². The first kappa shape index (κ1) is 22.7. The minimum Gasteiger partial charge on any atom is -0.492 e. The second-order valence-corrected chi connectivity index (χ2v) is 9.89. The van der Waals surface area contributed by atoms with Crippen LogP contribution < -0.4 is 9.46 Å². The van der Waals surface area contributed by atoms with Crippen molar-refractivity contribution < 1.29 is 17.9 Å². The molecule has 2 aromatic rings. The molecule has 3 rings (SSSR count). The Morgan fingerprint density at radius 1 is 1.13 bits per heavy atom. The van der Waals surface area contributed by atoms with Crippen LogP contribution in [0.15, 0.2) is 52.3 Å². The van der Waals surface area contributed by atoms with Crippen LogP contribution >= 0.6 is 11.8 Å². The molecule has 2 aromatic carbocycles. The molecule has 1 saturated heterocycles. The molecule has 30 heavy (non-hydrogen) atoms. The lowest BCUT2D eigenvalue weighted by Crippen LogP contribution is -2.36. The Bertz CT molecular complexity index is 986. The summed E-state index contributed by atoms with van der Waals surface area (Å²) in [5.41, 5.74) is 1.52. The number of aryl methyl sites for hydroxylation is 1. The molecule has 1 N–H and O–H groups in total. The summed E-state index contributed by atoms with van der Waals surface area (Å²) < 4.78 is 33.7. The minimum atomic E-state index is -3.74. The topological polar surface area (TPSA) is 75.7 Å². The van der Waals surface area contributed by atoms with E-state index >= 15 is 0 Å². The standard InChI is InChI=1S/C22H28N2O4S2/c1-17-7-6-8-18(15-17)28-14-11-23-30(26,27)19-9-10-21(29-2)20(16-19)22(25)24-12-4-3-5-13-24/h6-10,15-16,23H,3-5,11-14H2,1-2H3. The molecule has 1 aliphatic rings. The molecule has 1 aliphatic heterocycles. The minimum absolute atomic E-state index is 0.0937. The van der Waals surface area contributed by atoms with Gasteiger partial charge in [0, 0.05) is 24.5 Å². The number of carbonyl (C=O) groups is 1. The molecule has 162 valence electrons. The van der Waals surface area contributed by atoms with Crippen LogP contribution in [0.3, 0.4) is 0 Å². The van der Waals surface area contributed by atoms with E-state index in [-0.39, 0.29) is 24.0 Å². The van der Waals surface area contributed by atoms with Crippen molar-refractivity contribution in [1.82, 2.24) is 9.62 Å². The highest BCUT2D eigenvalue weighted by Crippen LogP contribution is 2.26. The predicted octanol–water partition coefficient (Wildman–Crippen LogP) is 3.70. The normalized spacial score (nSPS) is 14.5. The van der Waals surface area contributed by atoms with Crippen LogP contribution in [-0.4, -0.2) is 51.7 Å². The van der Waals surface area contributed by atoms with Crippen LogP contribution in [0.2, 0.25) is 0 Å². The van der Waals surface area contributed by atoms with Gasteiger partial charge in [0.2, 0.25) is 10.0 Å². The summed E-state index contributed by atoms with van der Waals surface area (Å²) in [7, 11) is -3.74. The van der Waals surface area contributed by atoms with Crippen molar-refractivity contribution in [2.24, 2.45) is 0 Å². The van der Waals surface area contributed by atoms with Crippen molar-refractivity contribution in [1.29, 1.82) is 0 Å². The average molecular weight is 449 g/mol. The van der Waals surface area contributed by atoms with Gasteiger partial charge in [0.15, 0.2) is 0 Å². The summed E-state index contributed by atoms with van der Waals surface area (Å²) in [4.78, 5) is 15.7. The quantitative estimate of drug-likeness (QED) is 0.492. The molecule has 0 unspecified atom stereocenters. The number of nitrogens with zero attached hydrogens (tertiary/aromatic N) is 1. The summed E-state index contributed by atoms with van der Waals surface area (Å²) >= 11 is 1.44. The fourth-order valence-electron chi connectivity index (χ4n) is 3.42. The monoisotopic (exact) mass is 448 g/mol. The van der Waals surface area contributed by atoms with E-state index in [0.717, 1.165) is 42.8 Å². The molecule has 0 spiro atoms. The highest BCUT2D eigenvalue weighted by Gasteiger charge is 2.23. The zero-order valence-corrected chi connectivity index (χ0v) is 19.0. The number of sulfonamides is 1. The second kappa shape index (κ2) is 10.3. The second-order valence-electron chi connectivity index (χ2n) is 7.28. The summed E-state index contributed by atoms with van der Waals surface area (Å²) in [5, 5.41) is 0. The smallest absolute Gasteiger partial charge is 0.255 e. The van der Waals surface area contributed by atoms with Gasteiger partial charge in [0.25, 0.3) is 5.91 Å². The van der Waals surface area contributed by atoms with Crippen LogP contribution in [0.1, 0.15) is 35.2 Å². The Hall–Kier alpha value is -2.03. The number of piperidine rings is 1. The fraction of sp³-hybridized carbons (Fsp3) is 0.409. The maximum atomic E-state index is 13.0. The number of thioether (sulfide) groups is 1.